The Morgan fingerprint density at radius 2 is 1.87 bits per heavy atom. The molecule has 0 saturated heterocycles. The molecule has 122 valence electrons. The minimum absolute atomic E-state index is 0.103. The first-order valence-electron chi connectivity index (χ1n) is 8.27. The van der Waals surface area contributed by atoms with Crippen LogP contribution < -0.4 is 15.0 Å². The zero-order chi connectivity index (χ0) is 16.2. The lowest BCUT2D eigenvalue weighted by Crippen LogP contribution is -2.32. The van der Waals surface area contributed by atoms with Crippen LogP contribution >= 0.6 is 0 Å². The van der Waals surface area contributed by atoms with Crippen LogP contribution in [0.1, 0.15) is 19.4 Å². The number of phenolic OH excluding ortho intramolecular Hbond substituents is 1. The maximum Gasteiger partial charge on any atom is 0.143 e. The lowest BCUT2D eigenvalue weighted by molar-refractivity contribution is 0.206. The molecule has 2 aromatic carbocycles. The third-order valence-electron chi connectivity index (χ3n) is 4.31. The fraction of sp³-hybridized carbons (Fsp3) is 0.368. The van der Waals surface area contributed by atoms with Gasteiger partial charge in [-0.15, -0.1) is 0 Å². The van der Waals surface area contributed by atoms with E-state index in [0.29, 0.717) is 0 Å². The number of nitrogens with one attached hydrogen (secondary N) is 1. The minimum atomic E-state index is 0.103. The maximum absolute atomic E-state index is 9.50. The quantitative estimate of drug-likeness (QED) is 0.884. The molecule has 2 aromatic rings. The highest BCUT2D eigenvalue weighted by molar-refractivity contribution is 5.61. The van der Waals surface area contributed by atoms with E-state index in [1.54, 1.807) is 12.1 Å². The van der Waals surface area contributed by atoms with E-state index in [2.05, 4.69) is 48.3 Å². The Bertz CT molecular complexity index is 651. The zero-order valence-corrected chi connectivity index (χ0v) is 13.7. The molecule has 0 spiro atoms. The molecular formula is C19H24N2O2. The number of rotatable bonds is 5. The van der Waals surface area contributed by atoms with Crippen LogP contribution in [0.4, 0.5) is 11.4 Å². The van der Waals surface area contributed by atoms with Crippen LogP contribution in [0.15, 0.2) is 42.5 Å². The van der Waals surface area contributed by atoms with Gasteiger partial charge in [0.2, 0.25) is 0 Å². The lowest BCUT2D eigenvalue weighted by atomic mass is 10.1. The van der Waals surface area contributed by atoms with Gasteiger partial charge in [-0.1, -0.05) is 12.1 Å². The van der Waals surface area contributed by atoms with E-state index < -0.39 is 0 Å². The molecular weight excluding hydrogens is 288 g/mol. The molecule has 4 nitrogen and oxygen atoms in total. The van der Waals surface area contributed by atoms with Crippen LogP contribution in [0.3, 0.4) is 0 Å². The number of nitrogens with zero attached hydrogens (tertiary/aromatic N) is 1. The molecule has 2 N–H and O–H groups in total. The van der Waals surface area contributed by atoms with E-state index in [-0.39, 0.29) is 11.9 Å². The average molecular weight is 312 g/mol. The summed E-state index contributed by atoms with van der Waals surface area (Å²) in [7, 11) is 0. The van der Waals surface area contributed by atoms with Crippen LogP contribution in [0.2, 0.25) is 0 Å². The molecule has 4 heteroatoms. The van der Waals surface area contributed by atoms with Gasteiger partial charge in [0, 0.05) is 31.3 Å². The second-order valence-corrected chi connectivity index (χ2v) is 5.84. The first-order chi connectivity index (χ1) is 11.2. The van der Waals surface area contributed by atoms with Crippen LogP contribution in [0, 0.1) is 0 Å². The summed E-state index contributed by atoms with van der Waals surface area (Å²) < 4.78 is 6.03. The predicted molar refractivity (Wildman–Crippen MR) is 94.7 cm³/mol. The third-order valence-corrected chi connectivity index (χ3v) is 4.31. The van der Waals surface area contributed by atoms with E-state index >= 15 is 0 Å². The van der Waals surface area contributed by atoms with Gasteiger partial charge in [0.25, 0.3) is 0 Å². The Morgan fingerprint density at radius 3 is 2.57 bits per heavy atom. The molecule has 3 rings (SSSR count). The van der Waals surface area contributed by atoms with Crippen molar-refractivity contribution in [3.8, 4) is 11.5 Å². The summed E-state index contributed by atoms with van der Waals surface area (Å²) >= 11 is 0. The highest BCUT2D eigenvalue weighted by Gasteiger charge is 2.20. The second kappa shape index (κ2) is 6.82. The number of anilines is 2. The van der Waals surface area contributed by atoms with Crippen molar-refractivity contribution in [3.05, 3.63) is 48.0 Å². The van der Waals surface area contributed by atoms with Crippen LogP contribution in [0.5, 0.6) is 11.5 Å². The largest absolute Gasteiger partial charge is 0.508 e. The van der Waals surface area contributed by atoms with Crippen molar-refractivity contribution >= 4 is 11.4 Å². The fourth-order valence-corrected chi connectivity index (χ4v) is 3.01. The van der Waals surface area contributed by atoms with Gasteiger partial charge in [-0.2, -0.15) is 0 Å². The van der Waals surface area contributed by atoms with E-state index in [0.717, 1.165) is 37.5 Å². The first kappa shape index (κ1) is 15.5. The summed E-state index contributed by atoms with van der Waals surface area (Å²) in [6.07, 6.45) is 0.970. The van der Waals surface area contributed by atoms with Crippen LogP contribution in [-0.2, 0) is 6.42 Å². The van der Waals surface area contributed by atoms with Crippen molar-refractivity contribution < 1.29 is 9.84 Å². The summed E-state index contributed by atoms with van der Waals surface area (Å²) in [5, 5.41) is 12.8. The maximum atomic E-state index is 9.50. The number of benzene rings is 2. The van der Waals surface area contributed by atoms with Gasteiger partial charge in [-0.25, -0.2) is 0 Å². The van der Waals surface area contributed by atoms with E-state index in [1.165, 1.54) is 11.3 Å². The van der Waals surface area contributed by atoms with Crippen molar-refractivity contribution in [2.75, 3.05) is 29.9 Å². The van der Waals surface area contributed by atoms with Gasteiger partial charge in [0.05, 0.1) is 12.2 Å². The Balaban J connectivity index is 1.65. The molecule has 23 heavy (non-hydrogen) atoms. The topological polar surface area (TPSA) is 44.7 Å². The van der Waals surface area contributed by atoms with E-state index in [1.807, 2.05) is 6.07 Å². The molecule has 0 amide bonds. The molecule has 0 saturated carbocycles. The van der Waals surface area contributed by atoms with Gasteiger partial charge < -0.3 is 20.1 Å². The van der Waals surface area contributed by atoms with Crippen molar-refractivity contribution in [1.82, 2.24) is 0 Å². The molecule has 0 radical (unpaired) electrons. The van der Waals surface area contributed by atoms with Crippen molar-refractivity contribution in [2.24, 2.45) is 0 Å². The lowest BCUT2D eigenvalue weighted by Gasteiger charge is -2.28. The van der Waals surface area contributed by atoms with Gasteiger partial charge in [-0.05, 0) is 43.7 Å². The number of aromatic hydroxyl groups is 1. The van der Waals surface area contributed by atoms with E-state index in [9.17, 15) is 5.11 Å². The highest BCUT2D eigenvalue weighted by atomic mass is 16.5. The van der Waals surface area contributed by atoms with Crippen LogP contribution in [-0.4, -0.2) is 30.8 Å². The Kier molecular flexibility index (Phi) is 4.60. The second-order valence-electron chi connectivity index (χ2n) is 5.84. The van der Waals surface area contributed by atoms with Gasteiger partial charge in [0.1, 0.15) is 17.6 Å². The van der Waals surface area contributed by atoms with Gasteiger partial charge in [0.15, 0.2) is 0 Å². The van der Waals surface area contributed by atoms with Crippen molar-refractivity contribution in [1.29, 1.82) is 0 Å². The van der Waals surface area contributed by atoms with E-state index in [4.69, 9.17) is 4.74 Å². The Hall–Kier alpha value is -2.36. The highest BCUT2D eigenvalue weighted by Crippen LogP contribution is 2.32. The average Bonchev–Trinajstić information content (AvgIpc) is 2.57. The SMILES string of the molecule is CCN(CC)c1ccc(CC2CNc3cc(O)ccc3O2)cc1. The molecule has 1 aliphatic heterocycles. The molecule has 0 bridgehead atoms. The molecule has 1 unspecified atom stereocenters. The van der Waals surface area contributed by atoms with Crippen LogP contribution in [0.25, 0.3) is 0 Å². The summed E-state index contributed by atoms with van der Waals surface area (Å²) in [6, 6.07) is 13.9. The number of hydrogen-bond donors (Lipinski definition) is 2. The number of hydrogen-bond acceptors (Lipinski definition) is 4. The standard InChI is InChI=1S/C19H24N2O2/c1-3-21(4-2)15-7-5-14(6-8-15)11-17-13-20-18-12-16(22)9-10-19(18)23-17/h5-10,12,17,20,22H,3-4,11,13H2,1-2H3. The smallest absolute Gasteiger partial charge is 0.143 e. The van der Waals surface area contributed by atoms with Gasteiger partial charge in [-0.3, -0.25) is 0 Å². The summed E-state index contributed by atoms with van der Waals surface area (Å²) in [6.45, 7) is 7.14. The third kappa shape index (κ3) is 3.52. The summed E-state index contributed by atoms with van der Waals surface area (Å²) in [4.78, 5) is 2.34. The summed E-state index contributed by atoms with van der Waals surface area (Å²) in [5.41, 5.74) is 3.40. The zero-order valence-electron chi connectivity index (χ0n) is 13.7. The first-order valence-corrected chi connectivity index (χ1v) is 8.27. The Morgan fingerprint density at radius 1 is 1.13 bits per heavy atom. The van der Waals surface area contributed by atoms with Crippen molar-refractivity contribution in [2.45, 2.75) is 26.4 Å². The Labute approximate surface area is 137 Å². The molecule has 0 aromatic heterocycles. The van der Waals surface area contributed by atoms with Gasteiger partial charge >= 0.3 is 0 Å². The van der Waals surface area contributed by atoms with Crippen molar-refractivity contribution in [3.63, 3.8) is 0 Å². The number of fused-ring (bicyclic) bond motifs is 1. The molecule has 1 atom stereocenters. The minimum Gasteiger partial charge on any atom is -0.508 e. The monoisotopic (exact) mass is 312 g/mol. The molecule has 0 aliphatic carbocycles. The fourth-order valence-electron chi connectivity index (χ4n) is 3.01. The number of phenols is 1. The number of ether oxygens (including phenoxy) is 1. The molecule has 1 heterocycles. The molecule has 1 aliphatic rings. The predicted octanol–water partition coefficient (Wildman–Crippen LogP) is 3.65. The summed E-state index contributed by atoms with van der Waals surface area (Å²) in [5.74, 6) is 1.06. The normalized spacial score (nSPS) is 16.2. The molecule has 0 fully saturated rings.